The molecule has 0 saturated carbocycles. The predicted octanol–water partition coefficient (Wildman–Crippen LogP) is 2.80. The highest BCUT2D eigenvalue weighted by Gasteiger charge is 2.34. The van der Waals surface area contributed by atoms with E-state index in [-0.39, 0.29) is 11.3 Å². The van der Waals surface area contributed by atoms with Gasteiger partial charge in [-0.15, -0.1) is 0 Å². The Morgan fingerprint density at radius 1 is 1.40 bits per heavy atom. The van der Waals surface area contributed by atoms with Crippen molar-refractivity contribution in [2.24, 2.45) is 5.41 Å². The van der Waals surface area contributed by atoms with E-state index in [0.29, 0.717) is 0 Å². The van der Waals surface area contributed by atoms with Gasteiger partial charge in [-0.2, -0.15) is 0 Å². The Kier molecular flexibility index (Phi) is 5.01. The van der Waals surface area contributed by atoms with Gasteiger partial charge in [0.15, 0.2) is 0 Å². The zero-order chi connectivity index (χ0) is 14.4. The quantitative estimate of drug-likeness (QED) is 0.869. The van der Waals surface area contributed by atoms with Crippen LogP contribution < -0.4 is 15.4 Å². The number of hydrogen-bond acceptors (Lipinski definition) is 3. The summed E-state index contributed by atoms with van der Waals surface area (Å²) in [7, 11) is 0. The van der Waals surface area contributed by atoms with Gasteiger partial charge in [0.1, 0.15) is 5.75 Å². The van der Waals surface area contributed by atoms with Gasteiger partial charge in [0.2, 0.25) is 5.91 Å². The number of carbonyl (C=O) groups excluding carboxylic acids is 1. The van der Waals surface area contributed by atoms with Crippen molar-refractivity contribution in [1.82, 2.24) is 5.32 Å². The summed E-state index contributed by atoms with van der Waals surface area (Å²) in [6.45, 7) is 6.57. The molecule has 4 nitrogen and oxygen atoms in total. The van der Waals surface area contributed by atoms with Crippen LogP contribution in [0.25, 0.3) is 0 Å². The average molecular weight is 276 g/mol. The minimum absolute atomic E-state index is 0.0897. The lowest BCUT2D eigenvalue weighted by molar-refractivity contribution is -0.125. The third-order valence-corrected chi connectivity index (χ3v) is 3.73. The van der Waals surface area contributed by atoms with Crippen molar-refractivity contribution in [2.45, 2.75) is 33.1 Å². The number of nitrogens with one attached hydrogen (secondary N) is 2. The number of benzene rings is 1. The number of rotatable bonds is 5. The van der Waals surface area contributed by atoms with Gasteiger partial charge in [-0.3, -0.25) is 4.79 Å². The second-order valence-electron chi connectivity index (χ2n) is 5.67. The first-order valence-electron chi connectivity index (χ1n) is 7.39. The minimum Gasteiger partial charge on any atom is -0.494 e. The van der Waals surface area contributed by atoms with Crippen molar-refractivity contribution in [1.29, 1.82) is 0 Å². The van der Waals surface area contributed by atoms with E-state index in [1.165, 1.54) is 0 Å². The molecule has 2 N–H and O–H groups in total. The van der Waals surface area contributed by atoms with Gasteiger partial charge in [-0.1, -0.05) is 6.92 Å². The van der Waals surface area contributed by atoms with E-state index in [1.54, 1.807) is 0 Å². The van der Waals surface area contributed by atoms with E-state index < -0.39 is 0 Å². The maximum absolute atomic E-state index is 12.4. The number of piperidine rings is 1. The molecule has 1 atom stereocenters. The van der Waals surface area contributed by atoms with Crippen molar-refractivity contribution < 1.29 is 9.53 Å². The molecular weight excluding hydrogens is 252 g/mol. The molecule has 1 aliphatic heterocycles. The third-order valence-electron chi connectivity index (χ3n) is 3.73. The van der Waals surface area contributed by atoms with Gasteiger partial charge in [0.25, 0.3) is 0 Å². The molecule has 0 aliphatic carbocycles. The summed E-state index contributed by atoms with van der Waals surface area (Å²) in [4.78, 5) is 12.4. The van der Waals surface area contributed by atoms with E-state index in [0.717, 1.165) is 50.4 Å². The summed E-state index contributed by atoms with van der Waals surface area (Å²) >= 11 is 0. The first-order valence-corrected chi connectivity index (χ1v) is 7.39. The van der Waals surface area contributed by atoms with Crippen molar-refractivity contribution in [3.05, 3.63) is 24.3 Å². The molecule has 2 rings (SSSR count). The first kappa shape index (κ1) is 14.9. The molecule has 1 fully saturated rings. The molecule has 1 aromatic rings. The van der Waals surface area contributed by atoms with Crippen molar-refractivity contribution in [3.63, 3.8) is 0 Å². The van der Waals surface area contributed by atoms with Crippen LogP contribution in [0.5, 0.6) is 5.75 Å². The second-order valence-corrected chi connectivity index (χ2v) is 5.67. The molecule has 1 aliphatic rings. The lowest BCUT2D eigenvalue weighted by Crippen LogP contribution is -2.46. The smallest absolute Gasteiger partial charge is 0.231 e. The summed E-state index contributed by atoms with van der Waals surface area (Å²) < 4.78 is 5.53. The van der Waals surface area contributed by atoms with E-state index in [1.807, 2.05) is 31.2 Å². The van der Waals surface area contributed by atoms with E-state index in [9.17, 15) is 4.79 Å². The van der Waals surface area contributed by atoms with Crippen LogP contribution in [0.4, 0.5) is 5.69 Å². The Morgan fingerprint density at radius 3 is 2.75 bits per heavy atom. The molecule has 0 spiro atoms. The largest absolute Gasteiger partial charge is 0.494 e. The topological polar surface area (TPSA) is 50.4 Å². The molecule has 1 amide bonds. The summed E-state index contributed by atoms with van der Waals surface area (Å²) in [6.07, 6.45) is 2.97. The average Bonchev–Trinajstić information content (AvgIpc) is 2.47. The highest BCUT2D eigenvalue weighted by Crippen LogP contribution is 2.27. The number of hydrogen-bond donors (Lipinski definition) is 2. The normalized spacial score (nSPS) is 22.3. The molecule has 0 bridgehead atoms. The summed E-state index contributed by atoms with van der Waals surface area (Å²) in [5.74, 6) is 0.933. The Labute approximate surface area is 120 Å². The molecule has 1 heterocycles. The predicted molar refractivity (Wildman–Crippen MR) is 81.1 cm³/mol. The van der Waals surface area contributed by atoms with Gasteiger partial charge >= 0.3 is 0 Å². The fourth-order valence-electron chi connectivity index (χ4n) is 2.39. The van der Waals surface area contributed by atoms with Crippen LogP contribution in [0, 0.1) is 5.41 Å². The lowest BCUT2D eigenvalue weighted by Gasteiger charge is -2.32. The van der Waals surface area contributed by atoms with Gasteiger partial charge in [0.05, 0.1) is 12.0 Å². The zero-order valence-electron chi connectivity index (χ0n) is 12.4. The van der Waals surface area contributed by atoms with Crippen LogP contribution in [0.15, 0.2) is 24.3 Å². The second kappa shape index (κ2) is 6.75. The fourth-order valence-corrected chi connectivity index (χ4v) is 2.39. The lowest BCUT2D eigenvalue weighted by atomic mass is 9.82. The van der Waals surface area contributed by atoms with E-state index in [4.69, 9.17) is 4.74 Å². The molecule has 1 aromatic carbocycles. The van der Waals surface area contributed by atoms with E-state index >= 15 is 0 Å². The number of ether oxygens (including phenoxy) is 1. The Bertz CT molecular complexity index is 436. The first-order chi connectivity index (χ1) is 9.64. The van der Waals surface area contributed by atoms with Crippen LogP contribution in [-0.4, -0.2) is 25.6 Å². The standard InChI is InChI=1S/C16H24N2O2/c1-3-11-20-14-7-5-13(6-8-14)18-15(19)16(2)9-4-10-17-12-16/h5-8,17H,3-4,9-12H2,1-2H3,(H,18,19). The molecule has 1 unspecified atom stereocenters. The molecule has 20 heavy (non-hydrogen) atoms. The fraction of sp³-hybridized carbons (Fsp3) is 0.562. The maximum atomic E-state index is 12.4. The Morgan fingerprint density at radius 2 is 2.15 bits per heavy atom. The molecule has 110 valence electrons. The highest BCUT2D eigenvalue weighted by atomic mass is 16.5. The molecular formula is C16H24N2O2. The SMILES string of the molecule is CCCOc1ccc(NC(=O)C2(C)CCCNC2)cc1. The van der Waals surface area contributed by atoms with E-state index in [2.05, 4.69) is 17.6 Å². The van der Waals surface area contributed by atoms with Crippen LogP contribution in [0.2, 0.25) is 0 Å². The molecule has 1 saturated heterocycles. The van der Waals surface area contributed by atoms with Crippen LogP contribution in [-0.2, 0) is 4.79 Å². The van der Waals surface area contributed by atoms with Crippen molar-refractivity contribution in [2.75, 3.05) is 25.0 Å². The highest BCUT2D eigenvalue weighted by molar-refractivity contribution is 5.95. The van der Waals surface area contributed by atoms with Crippen molar-refractivity contribution in [3.8, 4) is 5.75 Å². The summed E-state index contributed by atoms with van der Waals surface area (Å²) in [5.41, 5.74) is 0.515. The van der Waals surface area contributed by atoms with Crippen LogP contribution in [0.3, 0.4) is 0 Å². The minimum atomic E-state index is -0.310. The van der Waals surface area contributed by atoms with Crippen molar-refractivity contribution >= 4 is 11.6 Å². The summed E-state index contributed by atoms with van der Waals surface area (Å²) in [6, 6.07) is 7.57. The number of carbonyl (C=O) groups is 1. The van der Waals surface area contributed by atoms with Crippen LogP contribution in [0.1, 0.15) is 33.1 Å². The Hall–Kier alpha value is -1.55. The number of amides is 1. The monoisotopic (exact) mass is 276 g/mol. The van der Waals surface area contributed by atoms with Gasteiger partial charge in [-0.25, -0.2) is 0 Å². The van der Waals surface area contributed by atoms with Gasteiger partial charge in [0, 0.05) is 12.2 Å². The van der Waals surface area contributed by atoms with Gasteiger partial charge < -0.3 is 15.4 Å². The Balaban J connectivity index is 1.93. The van der Waals surface area contributed by atoms with Gasteiger partial charge in [-0.05, 0) is 57.0 Å². The molecule has 0 radical (unpaired) electrons. The number of anilines is 1. The summed E-state index contributed by atoms with van der Waals surface area (Å²) in [5, 5.41) is 6.29. The van der Waals surface area contributed by atoms with Crippen LogP contribution >= 0.6 is 0 Å². The molecule has 0 aromatic heterocycles. The maximum Gasteiger partial charge on any atom is 0.231 e. The zero-order valence-corrected chi connectivity index (χ0v) is 12.4. The molecule has 4 heteroatoms. The third kappa shape index (κ3) is 3.73.